The van der Waals surface area contributed by atoms with Gasteiger partial charge >= 0.3 is 5.97 Å². The van der Waals surface area contributed by atoms with Gasteiger partial charge < -0.3 is 14.7 Å². The molecule has 1 aromatic carbocycles. The first-order chi connectivity index (χ1) is 11.0. The molecule has 1 fully saturated rings. The monoisotopic (exact) mass is 323 g/mol. The van der Waals surface area contributed by atoms with E-state index < -0.39 is 17.7 Å². The van der Waals surface area contributed by atoms with Crippen molar-refractivity contribution in [3.63, 3.8) is 0 Å². The van der Waals surface area contributed by atoms with Crippen molar-refractivity contribution in [3.05, 3.63) is 29.6 Å². The number of rotatable bonds is 5. The van der Waals surface area contributed by atoms with Crippen molar-refractivity contribution >= 4 is 11.9 Å². The van der Waals surface area contributed by atoms with Gasteiger partial charge in [0.1, 0.15) is 0 Å². The minimum absolute atomic E-state index is 0.134. The first-order valence-corrected chi connectivity index (χ1v) is 7.79. The van der Waals surface area contributed by atoms with Gasteiger partial charge in [0.15, 0.2) is 11.6 Å². The van der Waals surface area contributed by atoms with Crippen LogP contribution in [0.25, 0.3) is 0 Å². The van der Waals surface area contributed by atoms with Crippen molar-refractivity contribution in [1.29, 1.82) is 0 Å². The summed E-state index contributed by atoms with van der Waals surface area (Å²) < 4.78 is 19.0. The number of aryl methyl sites for hydroxylation is 1. The maximum Gasteiger partial charge on any atom is 0.308 e. The average molecular weight is 323 g/mol. The van der Waals surface area contributed by atoms with Crippen LogP contribution in [0.1, 0.15) is 31.7 Å². The number of hydrogen-bond acceptors (Lipinski definition) is 3. The summed E-state index contributed by atoms with van der Waals surface area (Å²) in [5.74, 6) is -1.81. The highest BCUT2D eigenvalue weighted by atomic mass is 19.1. The molecule has 0 spiro atoms. The number of carboxylic acids is 1. The third-order valence-corrected chi connectivity index (χ3v) is 4.50. The maximum absolute atomic E-state index is 14.1. The van der Waals surface area contributed by atoms with Gasteiger partial charge in [0.2, 0.25) is 5.91 Å². The molecular weight excluding hydrogens is 301 g/mol. The van der Waals surface area contributed by atoms with Crippen molar-refractivity contribution < 1.29 is 23.8 Å². The number of methoxy groups -OCH3 is 1. The van der Waals surface area contributed by atoms with Crippen LogP contribution in [0, 0.1) is 11.7 Å². The quantitative estimate of drug-likeness (QED) is 0.904. The zero-order chi connectivity index (χ0) is 17.0. The van der Waals surface area contributed by atoms with Crippen LogP contribution in [-0.4, -0.2) is 41.6 Å². The largest absolute Gasteiger partial charge is 0.494 e. The minimum atomic E-state index is -0.867. The number of carboxylic acid groups (broad SMARTS) is 1. The van der Waals surface area contributed by atoms with Gasteiger partial charge in [0.05, 0.1) is 13.0 Å². The molecule has 0 unspecified atom stereocenters. The summed E-state index contributed by atoms with van der Waals surface area (Å²) in [4.78, 5) is 25.2. The summed E-state index contributed by atoms with van der Waals surface area (Å²) in [6.07, 6.45) is 1.69. The third kappa shape index (κ3) is 3.81. The highest BCUT2D eigenvalue weighted by Crippen LogP contribution is 2.25. The molecule has 126 valence electrons. The highest BCUT2D eigenvalue weighted by Gasteiger charge is 2.35. The Kier molecular flexibility index (Phi) is 5.58. The van der Waals surface area contributed by atoms with E-state index in [1.807, 2.05) is 0 Å². The molecule has 1 N–H and O–H groups in total. The first kappa shape index (κ1) is 17.2. The highest BCUT2D eigenvalue weighted by molar-refractivity contribution is 5.79. The molecule has 1 aliphatic rings. The van der Waals surface area contributed by atoms with Gasteiger partial charge in [-0.05, 0) is 37.8 Å². The van der Waals surface area contributed by atoms with Crippen LogP contribution < -0.4 is 4.74 Å². The molecule has 23 heavy (non-hydrogen) atoms. The van der Waals surface area contributed by atoms with E-state index in [0.29, 0.717) is 24.9 Å². The number of carbonyl (C=O) groups is 2. The van der Waals surface area contributed by atoms with Gasteiger partial charge in [-0.1, -0.05) is 12.1 Å². The second-order valence-electron chi connectivity index (χ2n) is 5.85. The van der Waals surface area contributed by atoms with Gasteiger partial charge in [0, 0.05) is 19.0 Å². The molecule has 1 aliphatic heterocycles. The normalized spacial score (nSPS) is 21.1. The number of likely N-dealkylation sites (tertiary alicyclic amines) is 1. The molecule has 0 aromatic heterocycles. The summed E-state index contributed by atoms with van der Waals surface area (Å²) in [7, 11) is 1.40. The van der Waals surface area contributed by atoms with Crippen molar-refractivity contribution in [2.75, 3.05) is 13.7 Å². The van der Waals surface area contributed by atoms with E-state index in [-0.39, 0.29) is 30.5 Å². The molecule has 0 radical (unpaired) electrons. The Morgan fingerprint density at radius 2 is 2.17 bits per heavy atom. The standard InChI is InChI=1S/C17H22FNO4/c1-11-13(17(21)22)6-4-10-19(11)15(20)9-8-12-5-3-7-14(23-2)16(12)18/h3,5,7,11,13H,4,6,8-10H2,1-2H3,(H,21,22)/t11-,13-/m0/s1. The van der Waals surface area contributed by atoms with Gasteiger partial charge in [-0.25, -0.2) is 4.39 Å². The van der Waals surface area contributed by atoms with Crippen molar-refractivity contribution in [1.82, 2.24) is 4.90 Å². The second kappa shape index (κ2) is 7.44. The summed E-state index contributed by atoms with van der Waals surface area (Å²) in [5, 5.41) is 9.21. The molecule has 0 bridgehead atoms. The molecule has 6 heteroatoms. The van der Waals surface area contributed by atoms with E-state index in [4.69, 9.17) is 4.74 Å². The number of benzene rings is 1. The Hall–Kier alpha value is -2.11. The number of carbonyl (C=O) groups excluding carboxylic acids is 1. The Morgan fingerprint density at radius 1 is 1.43 bits per heavy atom. The lowest BCUT2D eigenvalue weighted by molar-refractivity contribution is -0.149. The molecule has 0 aliphatic carbocycles. The number of aliphatic carboxylic acids is 1. The van der Waals surface area contributed by atoms with Gasteiger partial charge in [-0.2, -0.15) is 0 Å². The summed E-state index contributed by atoms with van der Waals surface area (Å²) >= 11 is 0. The molecular formula is C17H22FNO4. The predicted molar refractivity (Wildman–Crippen MR) is 82.8 cm³/mol. The van der Waals surface area contributed by atoms with E-state index >= 15 is 0 Å². The summed E-state index contributed by atoms with van der Waals surface area (Å²) in [6, 6.07) is 4.52. The molecule has 0 saturated carbocycles. The number of nitrogens with zero attached hydrogens (tertiary/aromatic N) is 1. The van der Waals surface area contributed by atoms with Crippen LogP contribution in [-0.2, 0) is 16.0 Å². The maximum atomic E-state index is 14.1. The van der Waals surface area contributed by atoms with Crippen LogP contribution >= 0.6 is 0 Å². The van der Waals surface area contributed by atoms with Gasteiger partial charge in [-0.15, -0.1) is 0 Å². The topological polar surface area (TPSA) is 66.8 Å². The summed E-state index contributed by atoms with van der Waals surface area (Å²) in [5.41, 5.74) is 0.428. The van der Waals surface area contributed by atoms with Crippen LogP contribution in [0.4, 0.5) is 4.39 Å². The number of piperidine rings is 1. The lowest BCUT2D eigenvalue weighted by Crippen LogP contribution is -2.49. The number of ether oxygens (including phenoxy) is 1. The average Bonchev–Trinajstić information content (AvgIpc) is 2.53. The molecule has 1 amide bonds. The molecule has 1 aromatic rings. The van der Waals surface area contributed by atoms with Crippen LogP contribution in [0.3, 0.4) is 0 Å². The predicted octanol–water partition coefficient (Wildman–Crippen LogP) is 2.48. The molecule has 1 saturated heterocycles. The van der Waals surface area contributed by atoms with E-state index in [1.54, 1.807) is 24.0 Å². The SMILES string of the molecule is COc1cccc(CCC(=O)N2CCC[C@H](C(=O)O)[C@@H]2C)c1F. The van der Waals surface area contributed by atoms with E-state index in [1.165, 1.54) is 13.2 Å². The Labute approximate surface area is 135 Å². The minimum Gasteiger partial charge on any atom is -0.494 e. The fraction of sp³-hybridized carbons (Fsp3) is 0.529. The lowest BCUT2D eigenvalue weighted by Gasteiger charge is -2.37. The third-order valence-electron chi connectivity index (χ3n) is 4.50. The van der Waals surface area contributed by atoms with Crippen LogP contribution in [0.15, 0.2) is 18.2 Å². The van der Waals surface area contributed by atoms with Crippen LogP contribution in [0.2, 0.25) is 0 Å². The first-order valence-electron chi connectivity index (χ1n) is 7.79. The fourth-order valence-corrected chi connectivity index (χ4v) is 3.12. The Morgan fingerprint density at radius 3 is 2.83 bits per heavy atom. The number of amides is 1. The number of halogens is 1. The smallest absolute Gasteiger partial charge is 0.308 e. The zero-order valence-corrected chi connectivity index (χ0v) is 13.4. The zero-order valence-electron chi connectivity index (χ0n) is 13.4. The van der Waals surface area contributed by atoms with E-state index in [2.05, 4.69) is 0 Å². The van der Waals surface area contributed by atoms with E-state index in [9.17, 15) is 19.1 Å². The second-order valence-corrected chi connectivity index (χ2v) is 5.85. The van der Waals surface area contributed by atoms with Crippen molar-refractivity contribution in [2.24, 2.45) is 5.92 Å². The molecule has 1 heterocycles. The van der Waals surface area contributed by atoms with Gasteiger partial charge in [-0.3, -0.25) is 9.59 Å². The fourth-order valence-electron chi connectivity index (χ4n) is 3.12. The molecule has 5 nitrogen and oxygen atoms in total. The Bertz CT molecular complexity index is 590. The van der Waals surface area contributed by atoms with Crippen LogP contribution in [0.5, 0.6) is 5.75 Å². The van der Waals surface area contributed by atoms with Gasteiger partial charge in [0.25, 0.3) is 0 Å². The molecule has 2 atom stereocenters. The molecule has 2 rings (SSSR count). The van der Waals surface area contributed by atoms with Crippen molar-refractivity contribution in [2.45, 2.75) is 38.6 Å². The summed E-state index contributed by atoms with van der Waals surface area (Å²) in [6.45, 7) is 2.33. The Balaban J connectivity index is 2.01. The number of hydrogen-bond donors (Lipinski definition) is 1. The van der Waals surface area contributed by atoms with Crippen molar-refractivity contribution in [3.8, 4) is 5.75 Å². The lowest BCUT2D eigenvalue weighted by atomic mass is 9.90. The van der Waals surface area contributed by atoms with E-state index in [0.717, 1.165) is 0 Å².